The summed E-state index contributed by atoms with van der Waals surface area (Å²) < 4.78 is 0. The minimum Gasteiger partial charge on any atom is -0.370 e. The summed E-state index contributed by atoms with van der Waals surface area (Å²) in [6.45, 7) is 13.2. The Labute approximate surface area is 129 Å². The van der Waals surface area contributed by atoms with Gasteiger partial charge in [0.25, 0.3) is 0 Å². The third-order valence-corrected chi connectivity index (χ3v) is 4.24. The third kappa shape index (κ3) is 3.66. The average molecular weight is 290 g/mol. The van der Waals surface area contributed by atoms with Gasteiger partial charge in [-0.1, -0.05) is 20.8 Å². The molecule has 1 N–H and O–H groups in total. The third-order valence-electron chi connectivity index (χ3n) is 4.24. The van der Waals surface area contributed by atoms with Crippen LogP contribution in [0.1, 0.15) is 58.3 Å². The van der Waals surface area contributed by atoms with E-state index in [1.54, 1.807) is 0 Å². The molecule has 0 bridgehead atoms. The molecule has 0 radical (unpaired) electrons. The number of anilines is 2. The summed E-state index contributed by atoms with van der Waals surface area (Å²) in [7, 11) is 0. The van der Waals surface area contributed by atoms with Gasteiger partial charge in [-0.3, -0.25) is 0 Å². The summed E-state index contributed by atoms with van der Waals surface area (Å²) in [6, 6.07) is 0.571. The standard InChI is InChI=1S/C17H30N4/c1-6-8-15-19-16(18-9-7-2)14(5)17(20-15)21-11-12(3)10-13(21)4/h12-13H,6-11H2,1-5H3,(H,18,19,20). The number of nitrogens with zero attached hydrogens (tertiary/aromatic N) is 3. The van der Waals surface area contributed by atoms with Gasteiger partial charge in [-0.15, -0.1) is 0 Å². The van der Waals surface area contributed by atoms with Crippen molar-refractivity contribution < 1.29 is 0 Å². The Kier molecular flexibility index (Phi) is 5.43. The van der Waals surface area contributed by atoms with Crippen molar-refractivity contribution in [2.75, 3.05) is 23.3 Å². The maximum atomic E-state index is 4.87. The molecule has 1 saturated heterocycles. The van der Waals surface area contributed by atoms with E-state index in [4.69, 9.17) is 9.97 Å². The first-order valence-corrected chi connectivity index (χ1v) is 8.44. The first-order valence-electron chi connectivity index (χ1n) is 8.44. The summed E-state index contributed by atoms with van der Waals surface area (Å²) in [5.74, 6) is 3.89. The number of nitrogens with one attached hydrogen (secondary N) is 1. The van der Waals surface area contributed by atoms with Crippen molar-refractivity contribution in [2.45, 2.75) is 66.3 Å². The molecule has 0 aliphatic carbocycles. The highest BCUT2D eigenvalue weighted by Gasteiger charge is 2.29. The van der Waals surface area contributed by atoms with Gasteiger partial charge in [0.05, 0.1) is 0 Å². The summed E-state index contributed by atoms with van der Waals surface area (Å²) in [6.07, 6.45) is 4.40. The van der Waals surface area contributed by atoms with Crippen molar-refractivity contribution in [1.82, 2.24) is 9.97 Å². The molecule has 1 aliphatic rings. The van der Waals surface area contributed by atoms with Crippen LogP contribution >= 0.6 is 0 Å². The Balaban J connectivity index is 2.35. The molecular formula is C17H30N4. The predicted octanol–water partition coefficient (Wildman–Crippen LogP) is 3.79. The van der Waals surface area contributed by atoms with Gasteiger partial charge in [0.15, 0.2) is 0 Å². The summed E-state index contributed by atoms with van der Waals surface area (Å²) in [5.41, 5.74) is 1.20. The zero-order chi connectivity index (χ0) is 15.4. The summed E-state index contributed by atoms with van der Waals surface area (Å²) in [5, 5.41) is 3.47. The number of hydrogen-bond donors (Lipinski definition) is 1. The van der Waals surface area contributed by atoms with Gasteiger partial charge in [-0.2, -0.15) is 0 Å². The molecule has 118 valence electrons. The SMILES string of the molecule is CCCNc1nc(CCC)nc(N2CC(C)CC2C)c1C. The number of aryl methyl sites for hydroxylation is 1. The number of aromatic nitrogens is 2. The predicted molar refractivity (Wildman–Crippen MR) is 90.1 cm³/mol. The Bertz CT molecular complexity index is 472. The molecule has 0 amide bonds. The van der Waals surface area contributed by atoms with Gasteiger partial charge in [-0.05, 0) is 39.0 Å². The maximum absolute atomic E-state index is 4.87. The molecule has 1 aromatic rings. The van der Waals surface area contributed by atoms with Crippen LogP contribution in [0.4, 0.5) is 11.6 Å². The van der Waals surface area contributed by atoms with Gasteiger partial charge in [-0.25, -0.2) is 9.97 Å². The molecule has 2 rings (SSSR count). The molecule has 0 aromatic carbocycles. The van der Waals surface area contributed by atoms with E-state index in [0.29, 0.717) is 6.04 Å². The van der Waals surface area contributed by atoms with E-state index >= 15 is 0 Å². The van der Waals surface area contributed by atoms with Gasteiger partial charge in [0, 0.05) is 31.1 Å². The van der Waals surface area contributed by atoms with Gasteiger partial charge >= 0.3 is 0 Å². The molecule has 0 spiro atoms. The van der Waals surface area contributed by atoms with Crippen LogP contribution in [-0.2, 0) is 6.42 Å². The van der Waals surface area contributed by atoms with Crippen molar-refractivity contribution in [2.24, 2.45) is 5.92 Å². The fourth-order valence-corrected chi connectivity index (χ4v) is 3.18. The second kappa shape index (κ2) is 7.10. The molecule has 4 heteroatoms. The summed E-state index contributed by atoms with van der Waals surface area (Å²) in [4.78, 5) is 12.1. The van der Waals surface area contributed by atoms with Crippen LogP contribution in [0.3, 0.4) is 0 Å². The van der Waals surface area contributed by atoms with Crippen molar-refractivity contribution >= 4 is 11.6 Å². The minimum absolute atomic E-state index is 0.571. The van der Waals surface area contributed by atoms with Crippen molar-refractivity contribution in [1.29, 1.82) is 0 Å². The highest BCUT2D eigenvalue weighted by molar-refractivity contribution is 5.59. The van der Waals surface area contributed by atoms with Crippen molar-refractivity contribution in [3.8, 4) is 0 Å². The Morgan fingerprint density at radius 3 is 2.52 bits per heavy atom. The molecule has 2 unspecified atom stereocenters. The van der Waals surface area contributed by atoms with Crippen LogP contribution in [0.5, 0.6) is 0 Å². The van der Waals surface area contributed by atoms with E-state index in [9.17, 15) is 0 Å². The van der Waals surface area contributed by atoms with Crippen molar-refractivity contribution in [3.05, 3.63) is 11.4 Å². The lowest BCUT2D eigenvalue weighted by atomic mass is 10.1. The maximum Gasteiger partial charge on any atom is 0.137 e. The largest absolute Gasteiger partial charge is 0.370 e. The molecular weight excluding hydrogens is 260 g/mol. The summed E-state index contributed by atoms with van der Waals surface area (Å²) >= 11 is 0. The van der Waals surface area contributed by atoms with E-state index in [-0.39, 0.29) is 0 Å². The van der Waals surface area contributed by atoms with Crippen LogP contribution in [0, 0.1) is 12.8 Å². The van der Waals surface area contributed by atoms with Crippen LogP contribution in [-0.4, -0.2) is 29.1 Å². The van der Waals surface area contributed by atoms with E-state index < -0.39 is 0 Å². The molecule has 1 aromatic heterocycles. The molecule has 1 fully saturated rings. The Hall–Kier alpha value is -1.32. The second-order valence-corrected chi connectivity index (χ2v) is 6.46. The van der Waals surface area contributed by atoms with Gasteiger partial charge < -0.3 is 10.2 Å². The van der Waals surface area contributed by atoms with E-state index in [1.165, 1.54) is 12.0 Å². The average Bonchev–Trinajstić information content (AvgIpc) is 2.78. The Morgan fingerprint density at radius 2 is 1.95 bits per heavy atom. The highest BCUT2D eigenvalue weighted by Crippen LogP contribution is 2.32. The zero-order valence-corrected chi connectivity index (χ0v) is 14.2. The fourth-order valence-electron chi connectivity index (χ4n) is 3.18. The van der Waals surface area contributed by atoms with Crippen LogP contribution in [0.2, 0.25) is 0 Å². The van der Waals surface area contributed by atoms with E-state index in [1.807, 2.05) is 0 Å². The molecule has 2 heterocycles. The van der Waals surface area contributed by atoms with Crippen LogP contribution in [0.25, 0.3) is 0 Å². The van der Waals surface area contributed by atoms with Gasteiger partial charge in [0.1, 0.15) is 17.5 Å². The first kappa shape index (κ1) is 16.1. The lowest BCUT2D eigenvalue weighted by Crippen LogP contribution is -2.29. The highest BCUT2D eigenvalue weighted by atomic mass is 15.2. The Morgan fingerprint density at radius 1 is 1.19 bits per heavy atom. The van der Waals surface area contributed by atoms with Gasteiger partial charge in [0.2, 0.25) is 0 Å². The van der Waals surface area contributed by atoms with Crippen LogP contribution in [0.15, 0.2) is 0 Å². The van der Waals surface area contributed by atoms with E-state index in [0.717, 1.165) is 55.7 Å². The molecule has 21 heavy (non-hydrogen) atoms. The smallest absolute Gasteiger partial charge is 0.137 e. The molecule has 1 aliphatic heterocycles. The second-order valence-electron chi connectivity index (χ2n) is 6.46. The molecule has 0 saturated carbocycles. The van der Waals surface area contributed by atoms with E-state index in [2.05, 4.69) is 44.8 Å². The molecule has 2 atom stereocenters. The quantitative estimate of drug-likeness (QED) is 0.865. The lowest BCUT2D eigenvalue weighted by molar-refractivity contribution is 0.625. The van der Waals surface area contributed by atoms with Crippen LogP contribution < -0.4 is 10.2 Å². The lowest BCUT2D eigenvalue weighted by Gasteiger charge is -2.26. The first-order chi connectivity index (χ1) is 10.1. The monoisotopic (exact) mass is 290 g/mol. The zero-order valence-electron chi connectivity index (χ0n) is 14.2. The normalized spacial score (nSPS) is 21.9. The molecule has 4 nitrogen and oxygen atoms in total. The number of hydrogen-bond acceptors (Lipinski definition) is 4. The number of rotatable bonds is 6. The topological polar surface area (TPSA) is 41.1 Å². The minimum atomic E-state index is 0.571. The fraction of sp³-hybridized carbons (Fsp3) is 0.765. The van der Waals surface area contributed by atoms with Crippen molar-refractivity contribution in [3.63, 3.8) is 0 Å².